The van der Waals surface area contributed by atoms with Crippen molar-refractivity contribution in [2.75, 3.05) is 13.6 Å². The van der Waals surface area contributed by atoms with Gasteiger partial charge >= 0.3 is 5.97 Å². The highest BCUT2D eigenvalue weighted by Gasteiger charge is 2.17. The van der Waals surface area contributed by atoms with Crippen molar-refractivity contribution in [3.8, 4) is 0 Å². The van der Waals surface area contributed by atoms with Crippen LogP contribution in [0.5, 0.6) is 0 Å². The van der Waals surface area contributed by atoms with E-state index in [-0.39, 0.29) is 19.1 Å². The fourth-order valence-corrected chi connectivity index (χ4v) is 3.69. The third-order valence-electron chi connectivity index (χ3n) is 5.53. The molecule has 0 aliphatic rings. The van der Waals surface area contributed by atoms with Gasteiger partial charge in [-0.2, -0.15) is 0 Å². The van der Waals surface area contributed by atoms with Gasteiger partial charge in [0.1, 0.15) is 13.2 Å². The summed E-state index contributed by atoms with van der Waals surface area (Å²) >= 11 is 0. The Morgan fingerprint density at radius 1 is 0.844 bits per heavy atom. The van der Waals surface area contributed by atoms with Crippen LogP contribution in [0, 0.1) is 0 Å². The summed E-state index contributed by atoms with van der Waals surface area (Å²) in [6, 6.07) is 27.1. The Labute approximate surface area is 187 Å². The number of amides is 1. The van der Waals surface area contributed by atoms with Gasteiger partial charge in [0.25, 0.3) is 0 Å². The second-order valence-electron chi connectivity index (χ2n) is 7.80. The lowest BCUT2D eigenvalue weighted by Gasteiger charge is -2.18. The summed E-state index contributed by atoms with van der Waals surface area (Å²) in [5.41, 5.74) is 3.30. The molecule has 5 heteroatoms. The molecular weight excluding hydrogens is 400 g/mol. The number of ether oxygens (including phenoxy) is 1. The molecule has 32 heavy (non-hydrogen) atoms. The molecule has 0 bridgehead atoms. The van der Waals surface area contributed by atoms with E-state index in [9.17, 15) is 9.59 Å². The average molecular weight is 427 g/mol. The van der Waals surface area contributed by atoms with E-state index in [2.05, 4.69) is 12.1 Å². The van der Waals surface area contributed by atoms with Crippen LogP contribution >= 0.6 is 0 Å². The zero-order valence-electron chi connectivity index (χ0n) is 18.1. The van der Waals surface area contributed by atoms with Crippen LogP contribution in [0.4, 0.5) is 0 Å². The molecule has 0 atom stereocenters. The lowest BCUT2D eigenvalue weighted by Crippen LogP contribution is -2.31. The zero-order valence-corrected chi connectivity index (χ0v) is 18.1. The number of carbonyl (C=O) groups is 2. The first-order chi connectivity index (χ1) is 15.6. The molecule has 162 valence electrons. The number of para-hydroxylation sites is 1. The van der Waals surface area contributed by atoms with Crippen LogP contribution in [-0.2, 0) is 29.1 Å². The van der Waals surface area contributed by atoms with Crippen molar-refractivity contribution in [1.82, 2.24) is 9.47 Å². The minimum Gasteiger partial charge on any atom is -0.457 e. The molecule has 1 aromatic heterocycles. The van der Waals surface area contributed by atoms with Crippen LogP contribution in [-0.4, -0.2) is 34.9 Å². The number of hydrogen-bond donors (Lipinski definition) is 0. The van der Waals surface area contributed by atoms with Gasteiger partial charge in [0.05, 0.1) is 11.1 Å². The number of fused-ring (bicyclic) bond motifs is 1. The fraction of sp³-hybridized carbons (Fsp3) is 0.185. The highest BCUT2D eigenvalue weighted by molar-refractivity contribution is 6.03. The third-order valence-corrected chi connectivity index (χ3v) is 5.53. The van der Waals surface area contributed by atoms with Gasteiger partial charge in [-0.1, -0.05) is 72.8 Å². The van der Waals surface area contributed by atoms with Gasteiger partial charge in [-0.25, -0.2) is 4.79 Å². The molecule has 0 spiro atoms. The number of hydrogen-bond acceptors (Lipinski definition) is 3. The first kappa shape index (κ1) is 21.4. The number of esters is 1. The van der Waals surface area contributed by atoms with Crippen molar-refractivity contribution < 1.29 is 14.3 Å². The van der Waals surface area contributed by atoms with Gasteiger partial charge in [0, 0.05) is 25.2 Å². The van der Waals surface area contributed by atoms with Crippen LogP contribution in [0.15, 0.2) is 91.1 Å². The Balaban J connectivity index is 1.46. The molecule has 0 N–H and O–H groups in total. The maximum atomic E-state index is 12.9. The monoisotopic (exact) mass is 426 g/mol. The summed E-state index contributed by atoms with van der Waals surface area (Å²) in [5, 5.41) is 0.902. The lowest BCUT2D eigenvalue weighted by molar-refractivity contribution is -0.130. The molecule has 0 aliphatic heterocycles. The molecule has 5 nitrogen and oxygen atoms in total. The molecule has 1 heterocycles. The van der Waals surface area contributed by atoms with Crippen molar-refractivity contribution in [2.24, 2.45) is 0 Å². The van der Waals surface area contributed by atoms with Crippen molar-refractivity contribution in [1.29, 1.82) is 0 Å². The van der Waals surface area contributed by atoms with Gasteiger partial charge < -0.3 is 14.2 Å². The van der Waals surface area contributed by atoms with Crippen LogP contribution in [0.1, 0.15) is 21.5 Å². The summed E-state index contributed by atoms with van der Waals surface area (Å²) in [5.74, 6) is -0.407. The van der Waals surface area contributed by atoms with Crippen LogP contribution in [0.2, 0.25) is 0 Å². The van der Waals surface area contributed by atoms with Crippen LogP contribution in [0.25, 0.3) is 10.9 Å². The van der Waals surface area contributed by atoms with E-state index in [1.807, 2.05) is 84.5 Å². The average Bonchev–Trinajstić information content (AvgIpc) is 3.25. The third kappa shape index (κ3) is 5.06. The maximum absolute atomic E-state index is 12.9. The summed E-state index contributed by atoms with van der Waals surface area (Å²) in [6.07, 6.45) is 2.65. The summed E-state index contributed by atoms with van der Waals surface area (Å²) in [6.45, 7) is 1.00. The molecule has 0 saturated carbocycles. The second-order valence-corrected chi connectivity index (χ2v) is 7.80. The summed E-state index contributed by atoms with van der Waals surface area (Å²) in [4.78, 5) is 27.4. The Morgan fingerprint density at radius 3 is 2.25 bits per heavy atom. The topological polar surface area (TPSA) is 51.5 Å². The Kier molecular flexibility index (Phi) is 6.66. The standard InChI is InChI=1S/C27H26N2O3/c1-28(17-15-21-9-4-2-5-10-21)25(30)19-29-18-16-23-13-8-14-24(26(23)29)27(31)32-20-22-11-6-3-7-12-22/h2-14,16,18H,15,17,19-20H2,1H3. The van der Waals surface area contributed by atoms with Gasteiger partial charge in [0.2, 0.25) is 5.91 Å². The number of aromatic nitrogens is 1. The molecule has 1 amide bonds. The van der Waals surface area contributed by atoms with E-state index in [1.54, 1.807) is 11.0 Å². The van der Waals surface area contributed by atoms with Gasteiger partial charge in [-0.3, -0.25) is 4.79 Å². The first-order valence-corrected chi connectivity index (χ1v) is 10.7. The Bertz CT molecular complexity index is 1200. The number of likely N-dealkylation sites (N-methyl/N-ethyl adjacent to an activating group) is 1. The first-order valence-electron chi connectivity index (χ1n) is 10.7. The van der Waals surface area contributed by atoms with Crippen molar-refractivity contribution >= 4 is 22.8 Å². The smallest absolute Gasteiger partial charge is 0.340 e. The van der Waals surface area contributed by atoms with E-state index in [4.69, 9.17) is 4.74 Å². The van der Waals surface area contributed by atoms with E-state index in [0.29, 0.717) is 12.1 Å². The van der Waals surface area contributed by atoms with Gasteiger partial charge in [0.15, 0.2) is 0 Å². The molecule has 0 aliphatic carbocycles. The van der Waals surface area contributed by atoms with Gasteiger partial charge in [-0.15, -0.1) is 0 Å². The van der Waals surface area contributed by atoms with Crippen molar-refractivity contribution in [3.63, 3.8) is 0 Å². The molecule has 0 saturated heterocycles. The second kappa shape index (κ2) is 9.96. The molecular formula is C27H26N2O3. The molecule has 4 rings (SSSR count). The molecule has 0 unspecified atom stereocenters. The van der Waals surface area contributed by atoms with E-state index < -0.39 is 5.97 Å². The Morgan fingerprint density at radius 2 is 1.53 bits per heavy atom. The van der Waals surface area contributed by atoms with Gasteiger partial charge in [-0.05, 0) is 29.7 Å². The number of carbonyl (C=O) groups excluding carboxylic acids is 2. The minimum absolute atomic E-state index is 0.00844. The normalized spacial score (nSPS) is 10.8. The molecule has 3 aromatic carbocycles. The minimum atomic E-state index is -0.399. The number of nitrogens with zero attached hydrogens (tertiary/aromatic N) is 2. The van der Waals surface area contributed by atoms with Crippen molar-refractivity contribution in [2.45, 2.75) is 19.6 Å². The number of benzene rings is 3. The predicted octanol–water partition coefficient (Wildman–Crippen LogP) is 4.70. The molecule has 0 radical (unpaired) electrons. The van der Waals surface area contributed by atoms with E-state index in [0.717, 1.165) is 22.9 Å². The van der Waals surface area contributed by atoms with E-state index >= 15 is 0 Å². The quantitative estimate of drug-likeness (QED) is 0.384. The van der Waals surface area contributed by atoms with Crippen LogP contribution in [0.3, 0.4) is 0 Å². The van der Waals surface area contributed by atoms with Crippen LogP contribution < -0.4 is 0 Å². The highest BCUT2D eigenvalue weighted by atomic mass is 16.5. The summed E-state index contributed by atoms with van der Waals surface area (Å²) in [7, 11) is 1.81. The fourth-order valence-electron chi connectivity index (χ4n) is 3.69. The zero-order chi connectivity index (χ0) is 22.3. The lowest BCUT2D eigenvalue weighted by atomic mass is 10.1. The summed E-state index contributed by atoms with van der Waals surface area (Å²) < 4.78 is 7.37. The predicted molar refractivity (Wildman–Crippen MR) is 125 cm³/mol. The Hall–Kier alpha value is -3.86. The van der Waals surface area contributed by atoms with E-state index in [1.165, 1.54) is 5.56 Å². The SMILES string of the molecule is CN(CCc1ccccc1)C(=O)Cn1ccc2cccc(C(=O)OCc3ccccc3)c21. The highest BCUT2D eigenvalue weighted by Crippen LogP contribution is 2.22. The molecule has 0 fully saturated rings. The molecule has 4 aromatic rings. The largest absolute Gasteiger partial charge is 0.457 e. The number of rotatable bonds is 8. The van der Waals surface area contributed by atoms with Crippen molar-refractivity contribution in [3.05, 3.63) is 108 Å². The maximum Gasteiger partial charge on any atom is 0.340 e.